The van der Waals surface area contributed by atoms with Gasteiger partial charge >= 0.3 is 0 Å². The Bertz CT molecular complexity index is 115. The zero-order chi connectivity index (χ0) is 7.65. The Morgan fingerprint density at radius 2 is 1.78 bits per heavy atom. The lowest BCUT2D eigenvalue weighted by molar-refractivity contribution is 0.638. The molecule has 0 bridgehead atoms. The molecule has 3 heteroatoms. The van der Waals surface area contributed by atoms with Crippen LogP contribution < -0.4 is 5.73 Å². The van der Waals surface area contributed by atoms with Gasteiger partial charge in [0.1, 0.15) is 0 Å². The predicted octanol–water partition coefficient (Wildman–Crippen LogP) is 0.838. The fourth-order valence-corrected chi connectivity index (χ4v) is 1.67. The Hall–Kier alpha value is 0.110. The molecule has 0 saturated carbocycles. The Labute approximate surface area is 59.3 Å². The Kier molecular flexibility index (Phi) is 2.83. The zero-order valence-corrected chi connectivity index (χ0v) is 7.29. The fourth-order valence-electron chi connectivity index (χ4n) is 0.558. The highest BCUT2D eigenvalue weighted by atomic mass is 32.2. The fraction of sp³-hybridized carbons (Fsp3) is 1.00. The summed E-state index contributed by atoms with van der Waals surface area (Å²) < 4.78 is 11.0. The monoisotopic (exact) mass is 149 g/mol. The van der Waals surface area contributed by atoms with Crippen molar-refractivity contribution in [3.63, 3.8) is 0 Å². The Morgan fingerprint density at radius 1 is 1.44 bits per heavy atom. The Morgan fingerprint density at radius 3 is 1.78 bits per heavy atom. The SMILES string of the molecule is CC(N)S(=O)C(C)(C)C. The molecule has 56 valence electrons. The van der Waals surface area contributed by atoms with Crippen LogP contribution in [0, 0.1) is 0 Å². The highest BCUT2D eigenvalue weighted by Crippen LogP contribution is 2.12. The van der Waals surface area contributed by atoms with Crippen molar-refractivity contribution >= 4 is 10.8 Å². The lowest BCUT2D eigenvalue weighted by Crippen LogP contribution is -2.34. The minimum absolute atomic E-state index is 0.172. The van der Waals surface area contributed by atoms with Gasteiger partial charge in [0.15, 0.2) is 0 Å². The van der Waals surface area contributed by atoms with Crippen LogP contribution in [0.15, 0.2) is 0 Å². The topological polar surface area (TPSA) is 43.1 Å². The molecule has 0 fully saturated rings. The molecule has 0 aromatic carbocycles. The third-order valence-corrected chi connectivity index (χ3v) is 2.82. The maximum absolute atomic E-state index is 11.2. The molecule has 0 radical (unpaired) electrons. The first kappa shape index (κ1) is 9.11. The van der Waals surface area contributed by atoms with E-state index in [2.05, 4.69) is 0 Å². The number of hydrogen-bond donors (Lipinski definition) is 1. The van der Waals surface area contributed by atoms with Gasteiger partial charge in [-0.05, 0) is 27.7 Å². The number of rotatable bonds is 1. The molecule has 0 aliphatic rings. The van der Waals surface area contributed by atoms with Crippen LogP contribution in [-0.4, -0.2) is 14.3 Å². The van der Waals surface area contributed by atoms with Gasteiger partial charge in [-0.1, -0.05) is 0 Å². The second kappa shape index (κ2) is 2.80. The summed E-state index contributed by atoms with van der Waals surface area (Å²) in [6.07, 6.45) is 0. The maximum atomic E-state index is 11.2. The molecule has 2 N–H and O–H groups in total. The van der Waals surface area contributed by atoms with Crippen LogP contribution in [0.5, 0.6) is 0 Å². The van der Waals surface area contributed by atoms with E-state index in [1.807, 2.05) is 20.8 Å². The van der Waals surface area contributed by atoms with Crippen LogP contribution in [-0.2, 0) is 10.8 Å². The molecule has 0 saturated heterocycles. The molecule has 2 nitrogen and oxygen atoms in total. The molecule has 0 aliphatic heterocycles. The quantitative estimate of drug-likeness (QED) is 0.600. The average Bonchev–Trinajstić information content (AvgIpc) is 1.62. The summed E-state index contributed by atoms with van der Waals surface area (Å²) in [5.74, 6) is 0. The third kappa shape index (κ3) is 2.96. The van der Waals surface area contributed by atoms with E-state index >= 15 is 0 Å². The minimum atomic E-state index is -0.911. The van der Waals surface area contributed by atoms with Gasteiger partial charge < -0.3 is 5.73 Å². The van der Waals surface area contributed by atoms with Gasteiger partial charge in [0, 0.05) is 15.5 Å². The number of nitrogens with two attached hydrogens (primary N) is 1. The van der Waals surface area contributed by atoms with E-state index in [1.165, 1.54) is 0 Å². The van der Waals surface area contributed by atoms with E-state index in [9.17, 15) is 4.21 Å². The lowest BCUT2D eigenvalue weighted by Gasteiger charge is -2.19. The van der Waals surface area contributed by atoms with E-state index in [4.69, 9.17) is 5.73 Å². The van der Waals surface area contributed by atoms with Gasteiger partial charge in [-0.3, -0.25) is 4.21 Å². The van der Waals surface area contributed by atoms with Crippen LogP contribution in [0.4, 0.5) is 0 Å². The third-order valence-electron chi connectivity index (χ3n) is 0.941. The first-order valence-electron chi connectivity index (χ1n) is 3.02. The second-order valence-electron chi connectivity index (χ2n) is 3.11. The summed E-state index contributed by atoms with van der Waals surface area (Å²) in [7, 11) is -0.911. The van der Waals surface area contributed by atoms with Gasteiger partial charge in [0.05, 0.1) is 5.37 Å². The summed E-state index contributed by atoms with van der Waals surface area (Å²) in [6.45, 7) is 7.53. The van der Waals surface area contributed by atoms with Crippen molar-refractivity contribution in [1.82, 2.24) is 0 Å². The lowest BCUT2D eigenvalue weighted by atomic mass is 10.3. The first-order chi connectivity index (χ1) is 3.85. The molecule has 0 aromatic heterocycles. The molecule has 0 rings (SSSR count). The van der Waals surface area contributed by atoms with Crippen molar-refractivity contribution in [3.05, 3.63) is 0 Å². The summed E-state index contributed by atoms with van der Waals surface area (Å²) in [6, 6.07) is 0. The molecule has 0 heterocycles. The summed E-state index contributed by atoms with van der Waals surface area (Å²) in [5.41, 5.74) is 5.42. The van der Waals surface area contributed by atoms with E-state index < -0.39 is 10.8 Å². The molecular weight excluding hydrogens is 134 g/mol. The molecule has 0 aliphatic carbocycles. The maximum Gasteiger partial charge on any atom is 0.0786 e. The van der Waals surface area contributed by atoms with Crippen LogP contribution in [0.2, 0.25) is 0 Å². The molecular formula is C6H15NOS. The van der Waals surface area contributed by atoms with E-state index in [-0.39, 0.29) is 10.1 Å². The van der Waals surface area contributed by atoms with Crippen molar-refractivity contribution in [1.29, 1.82) is 0 Å². The molecule has 0 amide bonds. The van der Waals surface area contributed by atoms with Crippen molar-refractivity contribution in [2.75, 3.05) is 0 Å². The minimum Gasteiger partial charge on any atom is -0.317 e. The van der Waals surface area contributed by atoms with Crippen LogP contribution >= 0.6 is 0 Å². The zero-order valence-electron chi connectivity index (χ0n) is 6.47. The van der Waals surface area contributed by atoms with Crippen LogP contribution in [0.1, 0.15) is 27.7 Å². The smallest absolute Gasteiger partial charge is 0.0786 e. The van der Waals surface area contributed by atoms with E-state index in [0.717, 1.165) is 0 Å². The van der Waals surface area contributed by atoms with Gasteiger partial charge in [0.2, 0.25) is 0 Å². The van der Waals surface area contributed by atoms with Crippen molar-refractivity contribution < 1.29 is 4.21 Å². The van der Waals surface area contributed by atoms with Gasteiger partial charge in [-0.15, -0.1) is 0 Å². The standard InChI is InChI=1S/C6H15NOS/c1-5(7)9(8)6(2,3)4/h5H,7H2,1-4H3. The molecule has 9 heavy (non-hydrogen) atoms. The van der Waals surface area contributed by atoms with Gasteiger partial charge in [-0.25, -0.2) is 0 Å². The summed E-state index contributed by atoms with van der Waals surface area (Å²) >= 11 is 0. The molecule has 0 spiro atoms. The van der Waals surface area contributed by atoms with Crippen molar-refractivity contribution in [2.24, 2.45) is 5.73 Å². The first-order valence-corrected chi connectivity index (χ1v) is 4.23. The second-order valence-corrected chi connectivity index (χ2v) is 5.68. The summed E-state index contributed by atoms with van der Waals surface area (Å²) in [4.78, 5) is 0. The summed E-state index contributed by atoms with van der Waals surface area (Å²) in [5, 5.41) is -0.218. The van der Waals surface area contributed by atoms with Crippen LogP contribution in [0.25, 0.3) is 0 Å². The average molecular weight is 149 g/mol. The Balaban J connectivity index is 4.06. The largest absolute Gasteiger partial charge is 0.317 e. The molecule has 0 aromatic rings. The highest BCUT2D eigenvalue weighted by molar-refractivity contribution is 7.86. The number of hydrogen-bond acceptors (Lipinski definition) is 2. The normalized spacial score (nSPS) is 19.2. The highest BCUT2D eigenvalue weighted by Gasteiger charge is 2.21. The molecule has 2 unspecified atom stereocenters. The van der Waals surface area contributed by atoms with Gasteiger partial charge in [-0.2, -0.15) is 0 Å². The van der Waals surface area contributed by atoms with E-state index in [1.54, 1.807) is 6.92 Å². The van der Waals surface area contributed by atoms with Gasteiger partial charge in [0.25, 0.3) is 0 Å². The van der Waals surface area contributed by atoms with Crippen LogP contribution in [0.3, 0.4) is 0 Å². The van der Waals surface area contributed by atoms with Crippen molar-refractivity contribution in [3.8, 4) is 0 Å². The van der Waals surface area contributed by atoms with E-state index in [0.29, 0.717) is 0 Å². The van der Waals surface area contributed by atoms with Crippen molar-refractivity contribution in [2.45, 2.75) is 37.8 Å². The molecule has 2 atom stereocenters. The predicted molar refractivity (Wildman–Crippen MR) is 41.5 cm³/mol.